The van der Waals surface area contributed by atoms with E-state index in [2.05, 4.69) is 24.0 Å². The van der Waals surface area contributed by atoms with E-state index in [1.54, 1.807) is 0 Å². The number of fused-ring (bicyclic) bond motifs is 1. The summed E-state index contributed by atoms with van der Waals surface area (Å²) in [6.45, 7) is 4.83. The smallest absolute Gasteiger partial charge is 0.286 e. The zero-order chi connectivity index (χ0) is 19.6. The molecule has 0 radical (unpaired) electrons. The van der Waals surface area contributed by atoms with Crippen LogP contribution in [0.15, 0.2) is 41.4 Å². The number of benzene rings is 2. The minimum absolute atomic E-state index is 0.109. The number of aromatic nitrogens is 1. The number of halogens is 1. The lowest BCUT2D eigenvalue weighted by molar-refractivity contribution is -0.385. The summed E-state index contributed by atoms with van der Waals surface area (Å²) in [5.74, 6) is -0.670. The number of thiazole rings is 1. The Morgan fingerprint density at radius 1 is 1.26 bits per heavy atom. The van der Waals surface area contributed by atoms with Gasteiger partial charge in [-0.1, -0.05) is 42.9 Å². The van der Waals surface area contributed by atoms with Crippen LogP contribution in [0.3, 0.4) is 0 Å². The van der Waals surface area contributed by atoms with Crippen LogP contribution >= 0.6 is 22.9 Å². The van der Waals surface area contributed by atoms with E-state index in [9.17, 15) is 14.9 Å². The van der Waals surface area contributed by atoms with E-state index in [0.29, 0.717) is 11.3 Å². The molecule has 2 aromatic carbocycles. The van der Waals surface area contributed by atoms with Gasteiger partial charge in [0.1, 0.15) is 5.56 Å². The van der Waals surface area contributed by atoms with Crippen LogP contribution in [0.1, 0.15) is 36.2 Å². The molecule has 6 nitrogen and oxygen atoms in total. The molecule has 1 heterocycles. The lowest BCUT2D eigenvalue weighted by atomic mass is 10.1. The summed E-state index contributed by atoms with van der Waals surface area (Å²) in [4.78, 5) is 28.1. The molecule has 1 aromatic heterocycles. The van der Waals surface area contributed by atoms with Gasteiger partial charge in [0, 0.05) is 17.6 Å². The van der Waals surface area contributed by atoms with Crippen molar-refractivity contribution < 1.29 is 9.72 Å². The molecule has 0 unspecified atom stereocenters. The number of aryl methyl sites for hydroxylation is 2. The highest BCUT2D eigenvalue weighted by molar-refractivity contribution is 7.16. The lowest BCUT2D eigenvalue weighted by Gasteiger charge is -2.03. The maximum absolute atomic E-state index is 12.7. The molecule has 0 aliphatic carbocycles. The van der Waals surface area contributed by atoms with E-state index < -0.39 is 10.8 Å². The zero-order valence-electron chi connectivity index (χ0n) is 14.9. The number of carbonyl (C=O) groups is 1. The maximum Gasteiger partial charge on any atom is 0.286 e. The van der Waals surface area contributed by atoms with Gasteiger partial charge in [-0.25, -0.2) is 0 Å². The van der Waals surface area contributed by atoms with Gasteiger partial charge in [-0.15, -0.1) is 0 Å². The van der Waals surface area contributed by atoms with E-state index in [4.69, 9.17) is 11.6 Å². The van der Waals surface area contributed by atoms with Crippen LogP contribution in [0.2, 0.25) is 5.02 Å². The molecule has 0 N–H and O–H groups in total. The molecule has 1 amide bonds. The summed E-state index contributed by atoms with van der Waals surface area (Å²) in [5.41, 5.74) is 1.80. The third-order valence-electron chi connectivity index (χ3n) is 4.19. The van der Waals surface area contributed by atoms with Crippen molar-refractivity contribution >= 4 is 44.7 Å². The molecule has 8 heteroatoms. The first-order valence-corrected chi connectivity index (χ1v) is 9.79. The van der Waals surface area contributed by atoms with Gasteiger partial charge in [0.2, 0.25) is 0 Å². The molecule has 0 bridgehead atoms. The van der Waals surface area contributed by atoms with Crippen LogP contribution in [0.5, 0.6) is 0 Å². The zero-order valence-corrected chi connectivity index (χ0v) is 16.5. The first kappa shape index (κ1) is 19.3. The highest BCUT2D eigenvalue weighted by Gasteiger charge is 2.20. The van der Waals surface area contributed by atoms with E-state index >= 15 is 0 Å². The van der Waals surface area contributed by atoms with Crippen molar-refractivity contribution in [3.8, 4) is 0 Å². The molecular weight excluding hydrogens is 386 g/mol. The highest BCUT2D eigenvalue weighted by Crippen LogP contribution is 2.24. The van der Waals surface area contributed by atoms with Crippen molar-refractivity contribution in [3.05, 3.63) is 67.5 Å². The molecule has 3 aromatic rings. The number of hydrogen-bond donors (Lipinski definition) is 0. The van der Waals surface area contributed by atoms with Gasteiger partial charge in [0.15, 0.2) is 4.80 Å². The normalized spacial score (nSPS) is 11.9. The molecule has 3 rings (SSSR count). The van der Waals surface area contributed by atoms with Gasteiger partial charge >= 0.3 is 0 Å². The molecule has 0 fully saturated rings. The van der Waals surface area contributed by atoms with E-state index in [0.717, 1.165) is 23.1 Å². The van der Waals surface area contributed by atoms with Crippen LogP contribution in [0, 0.1) is 10.1 Å². The first-order chi connectivity index (χ1) is 12.9. The van der Waals surface area contributed by atoms with Gasteiger partial charge in [0.25, 0.3) is 11.6 Å². The highest BCUT2D eigenvalue weighted by atomic mass is 35.5. The molecule has 0 saturated heterocycles. The second-order valence-electron chi connectivity index (χ2n) is 6.03. The van der Waals surface area contributed by atoms with Crippen LogP contribution in [0.4, 0.5) is 5.69 Å². The molecule has 0 aliphatic rings. The summed E-state index contributed by atoms with van der Waals surface area (Å²) < 4.78 is 3.02. The van der Waals surface area contributed by atoms with E-state index in [1.165, 1.54) is 35.1 Å². The standard InChI is InChI=1S/C19H18ClN3O3S/c1-3-9-22-16-7-5-12(4-2)10-17(16)27-19(22)21-18(24)14-11-13(20)6-8-15(14)23(25)26/h5-8,10-11H,3-4,9H2,1-2H3. The summed E-state index contributed by atoms with van der Waals surface area (Å²) in [6.07, 6.45) is 1.79. The Hall–Kier alpha value is -2.51. The predicted octanol–water partition coefficient (Wildman–Crippen LogP) is 4.98. The van der Waals surface area contributed by atoms with Gasteiger partial charge in [-0.3, -0.25) is 14.9 Å². The van der Waals surface area contributed by atoms with Gasteiger partial charge in [0.05, 0.1) is 15.1 Å². The number of hydrogen-bond acceptors (Lipinski definition) is 4. The predicted molar refractivity (Wildman–Crippen MR) is 107 cm³/mol. The Morgan fingerprint density at radius 2 is 2.04 bits per heavy atom. The number of carbonyl (C=O) groups excluding carboxylic acids is 1. The minimum Gasteiger partial charge on any atom is -0.316 e. The second-order valence-corrected chi connectivity index (χ2v) is 7.47. The molecular formula is C19H18ClN3O3S. The monoisotopic (exact) mass is 403 g/mol. The largest absolute Gasteiger partial charge is 0.316 e. The topological polar surface area (TPSA) is 77.5 Å². The Kier molecular flexibility index (Phi) is 5.72. The number of amides is 1. The molecule has 0 saturated carbocycles. The van der Waals surface area contributed by atoms with Crippen molar-refractivity contribution in [1.82, 2.24) is 4.57 Å². The Morgan fingerprint density at radius 3 is 2.70 bits per heavy atom. The van der Waals surface area contributed by atoms with Crippen molar-refractivity contribution in [2.24, 2.45) is 4.99 Å². The fraction of sp³-hybridized carbons (Fsp3) is 0.263. The van der Waals surface area contributed by atoms with Crippen molar-refractivity contribution in [2.75, 3.05) is 0 Å². The average molecular weight is 404 g/mol. The van der Waals surface area contributed by atoms with E-state index in [1.807, 2.05) is 17.6 Å². The fourth-order valence-corrected chi connectivity index (χ4v) is 4.14. The minimum atomic E-state index is -0.670. The third kappa shape index (κ3) is 3.94. The summed E-state index contributed by atoms with van der Waals surface area (Å²) in [6, 6.07) is 10.1. The number of nitro benzene ring substituents is 1. The molecule has 0 spiro atoms. The van der Waals surface area contributed by atoms with Gasteiger partial charge < -0.3 is 4.57 Å². The van der Waals surface area contributed by atoms with Crippen molar-refractivity contribution in [2.45, 2.75) is 33.2 Å². The Balaban J connectivity index is 2.18. The molecule has 0 aliphatic heterocycles. The lowest BCUT2D eigenvalue weighted by Crippen LogP contribution is -2.17. The summed E-state index contributed by atoms with van der Waals surface area (Å²) in [5, 5.41) is 11.5. The van der Waals surface area contributed by atoms with Crippen LogP contribution in [-0.4, -0.2) is 15.4 Å². The quantitative estimate of drug-likeness (QED) is 0.445. The van der Waals surface area contributed by atoms with Gasteiger partial charge in [-0.2, -0.15) is 4.99 Å². The fourth-order valence-electron chi connectivity index (χ4n) is 2.85. The average Bonchev–Trinajstić information content (AvgIpc) is 2.98. The summed E-state index contributed by atoms with van der Waals surface area (Å²) in [7, 11) is 0. The van der Waals surface area contributed by atoms with Crippen LogP contribution in [-0.2, 0) is 13.0 Å². The SMILES string of the molecule is CCCn1c(=NC(=O)c2cc(Cl)ccc2[N+](=O)[O-])sc2cc(CC)ccc21. The summed E-state index contributed by atoms with van der Waals surface area (Å²) >= 11 is 7.34. The molecule has 27 heavy (non-hydrogen) atoms. The molecule has 0 atom stereocenters. The van der Waals surface area contributed by atoms with Crippen LogP contribution in [0.25, 0.3) is 10.2 Å². The number of nitrogens with zero attached hydrogens (tertiary/aromatic N) is 3. The van der Waals surface area contributed by atoms with Crippen molar-refractivity contribution in [1.29, 1.82) is 0 Å². The van der Waals surface area contributed by atoms with Crippen LogP contribution < -0.4 is 4.80 Å². The number of rotatable bonds is 5. The third-order valence-corrected chi connectivity index (χ3v) is 5.46. The van der Waals surface area contributed by atoms with Crippen molar-refractivity contribution in [3.63, 3.8) is 0 Å². The molecule has 140 valence electrons. The first-order valence-electron chi connectivity index (χ1n) is 8.59. The Labute approximate surface area is 164 Å². The maximum atomic E-state index is 12.7. The van der Waals surface area contributed by atoms with Gasteiger partial charge in [-0.05, 0) is 42.7 Å². The second kappa shape index (κ2) is 8.02. The Bertz CT molecular complexity index is 1100. The van der Waals surface area contributed by atoms with E-state index in [-0.39, 0.29) is 16.3 Å². The number of nitro groups is 1.